The average molecular weight is 312 g/mol. The molecule has 0 fully saturated rings. The Morgan fingerprint density at radius 3 is 2.65 bits per heavy atom. The van der Waals surface area contributed by atoms with Crippen LogP contribution >= 0.6 is 23.7 Å². The van der Waals surface area contributed by atoms with Gasteiger partial charge in [-0.05, 0) is 26.3 Å². The van der Waals surface area contributed by atoms with Crippen molar-refractivity contribution < 1.29 is 0 Å². The first-order valence-electron chi connectivity index (χ1n) is 6.06. The van der Waals surface area contributed by atoms with Crippen molar-refractivity contribution in [1.29, 1.82) is 0 Å². The van der Waals surface area contributed by atoms with E-state index in [2.05, 4.69) is 33.5 Å². The van der Waals surface area contributed by atoms with E-state index in [1.807, 2.05) is 32.0 Å². The Bertz CT molecular complexity index is 594. The number of anilines is 1. The van der Waals surface area contributed by atoms with Crippen molar-refractivity contribution in [2.45, 2.75) is 26.8 Å². The number of hydrogen-bond acceptors (Lipinski definition) is 4. The Morgan fingerprint density at radius 1 is 1.30 bits per heavy atom. The van der Waals surface area contributed by atoms with Gasteiger partial charge in [-0.2, -0.15) is 0 Å². The fourth-order valence-corrected chi connectivity index (χ4v) is 2.46. The van der Waals surface area contributed by atoms with Crippen LogP contribution in [0.4, 0.5) is 5.13 Å². The van der Waals surface area contributed by atoms with Crippen LogP contribution in [0.25, 0.3) is 10.6 Å². The zero-order valence-electron chi connectivity index (χ0n) is 11.6. The maximum atomic E-state index is 5.76. The predicted octanol–water partition coefficient (Wildman–Crippen LogP) is 3.07. The quantitative estimate of drug-likeness (QED) is 0.674. The van der Waals surface area contributed by atoms with Crippen molar-refractivity contribution in [3.05, 3.63) is 29.8 Å². The third-order valence-corrected chi connectivity index (χ3v) is 3.30. The lowest BCUT2D eigenvalue weighted by molar-refractivity contribution is 0.833. The van der Waals surface area contributed by atoms with Gasteiger partial charge in [0.05, 0.1) is 0 Å². The van der Waals surface area contributed by atoms with Crippen LogP contribution in [0.15, 0.2) is 29.3 Å². The summed E-state index contributed by atoms with van der Waals surface area (Å²) < 4.78 is 0. The maximum Gasteiger partial charge on any atom is 0.212 e. The summed E-state index contributed by atoms with van der Waals surface area (Å²) in [4.78, 5) is 4.19. The van der Waals surface area contributed by atoms with E-state index in [4.69, 9.17) is 5.73 Å². The molecule has 0 saturated heterocycles. The number of nitrogens with one attached hydrogen (secondary N) is 1. The number of aryl methyl sites for hydroxylation is 1. The zero-order chi connectivity index (χ0) is 13.8. The number of aromatic nitrogens is 2. The highest BCUT2D eigenvalue weighted by Crippen LogP contribution is 2.28. The summed E-state index contributed by atoms with van der Waals surface area (Å²) in [5.74, 6) is 0.363. The minimum atomic E-state index is 0. The Balaban J connectivity index is 0.00000200. The molecule has 0 bridgehead atoms. The summed E-state index contributed by atoms with van der Waals surface area (Å²) in [6, 6.07) is 8.23. The average Bonchev–Trinajstić information content (AvgIpc) is 2.76. The number of halogens is 1. The largest absolute Gasteiger partial charge is 0.370 e. The zero-order valence-corrected chi connectivity index (χ0v) is 13.3. The van der Waals surface area contributed by atoms with Crippen LogP contribution in [-0.4, -0.2) is 22.2 Å². The molecule has 1 aromatic heterocycles. The normalized spacial score (nSPS) is 11.3. The summed E-state index contributed by atoms with van der Waals surface area (Å²) in [6.07, 6.45) is 0. The third-order valence-electron chi connectivity index (χ3n) is 2.43. The van der Waals surface area contributed by atoms with Gasteiger partial charge in [0.25, 0.3) is 0 Å². The lowest BCUT2D eigenvalue weighted by Crippen LogP contribution is -2.23. The molecule has 0 radical (unpaired) electrons. The minimum Gasteiger partial charge on any atom is -0.370 e. The van der Waals surface area contributed by atoms with Crippen molar-refractivity contribution >= 4 is 34.8 Å². The van der Waals surface area contributed by atoms with E-state index >= 15 is 0 Å². The minimum absolute atomic E-state index is 0. The van der Waals surface area contributed by atoms with Crippen LogP contribution in [0.5, 0.6) is 0 Å². The molecule has 0 aliphatic carbocycles. The number of aliphatic imine (C=N–C) groups is 1. The number of hydrogen-bond donors (Lipinski definition) is 2. The first kappa shape index (κ1) is 16.4. The molecule has 2 aromatic rings. The molecule has 1 aromatic carbocycles. The molecular formula is C13H18ClN5S. The van der Waals surface area contributed by atoms with Crippen LogP contribution < -0.4 is 11.1 Å². The van der Waals surface area contributed by atoms with Gasteiger partial charge in [-0.15, -0.1) is 22.6 Å². The lowest BCUT2D eigenvalue weighted by atomic mass is 10.1. The fraction of sp³-hybridized carbons (Fsp3) is 0.308. The van der Waals surface area contributed by atoms with E-state index in [9.17, 15) is 0 Å². The van der Waals surface area contributed by atoms with Gasteiger partial charge in [-0.1, -0.05) is 35.6 Å². The van der Waals surface area contributed by atoms with Gasteiger partial charge in [0.1, 0.15) is 5.01 Å². The number of nitrogens with zero attached hydrogens (tertiary/aromatic N) is 3. The van der Waals surface area contributed by atoms with E-state index in [-0.39, 0.29) is 18.4 Å². The van der Waals surface area contributed by atoms with Gasteiger partial charge in [0.15, 0.2) is 5.96 Å². The molecule has 5 nitrogen and oxygen atoms in total. The number of rotatable bonds is 3. The van der Waals surface area contributed by atoms with Crippen LogP contribution in [0.2, 0.25) is 0 Å². The Hall–Kier alpha value is -1.66. The van der Waals surface area contributed by atoms with Gasteiger partial charge in [0, 0.05) is 11.6 Å². The molecule has 7 heteroatoms. The standard InChI is InChI=1S/C13H17N5S.ClH/c1-8(2)15-12(14)16-13-18-17-11(19-13)10-7-5-4-6-9(10)3;/h4-8H,1-3H3,(H3,14,15,16,18);1H. The van der Waals surface area contributed by atoms with Gasteiger partial charge in [-0.25, -0.2) is 0 Å². The molecule has 20 heavy (non-hydrogen) atoms. The van der Waals surface area contributed by atoms with E-state index in [0.29, 0.717) is 11.1 Å². The van der Waals surface area contributed by atoms with Crippen molar-refractivity contribution in [1.82, 2.24) is 10.2 Å². The number of nitrogens with two attached hydrogens (primary N) is 1. The lowest BCUT2D eigenvalue weighted by Gasteiger charge is -2.02. The van der Waals surface area contributed by atoms with E-state index in [1.165, 1.54) is 16.9 Å². The van der Waals surface area contributed by atoms with Crippen LogP contribution in [0.1, 0.15) is 19.4 Å². The summed E-state index contributed by atoms with van der Waals surface area (Å²) >= 11 is 1.46. The van der Waals surface area contributed by atoms with Gasteiger partial charge in [0.2, 0.25) is 5.13 Å². The highest BCUT2D eigenvalue weighted by molar-refractivity contribution is 7.18. The topological polar surface area (TPSA) is 76.2 Å². The molecule has 2 rings (SSSR count). The highest BCUT2D eigenvalue weighted by Gasteiger charge is 2.09. The van der Waals surface area contributed by atoms with Crippen molar-refractivity contribution in [2.75, 3.05) is 5.32 Å². The molecule has 0 aliphatic heterocycles. The summed E-state index contributed by atoms with van der Waals surface area (Å²) in [6.45, 7) is 5.99. The van der Waals surface area contributed by atoms with Crippen LogP contribution in [0, 0.1) is 6.92 Å². The number of benzene rings is 1. The smallest absolute Gasteiger partial charge is 0.212 e. The van der Waals surface area contributed by atoms with Gasteiger partial charge in [-0.3, -0.25) is 4.99 Å². The molecule has 0 aliphatic rings. The Kier molecular flexibility index (Phi) is 5.91. The summed E-state index contributed by atoms with van der Waals surface area (Å²) in [5, 5.41) is 12.7. The molecule has 3 N–H and O–H groups in total. The summed E-state index contributed by atoms with van der Waals surface area (Å²) in [7, 11) is 0. The fourth-order valence-electron chi connectivity index (χ4n) is 1.62. The monoisotopic (exact) mass is 311 g/mol. The van der Waals surface area contributed by atoms with E-state index in [0.717, 1.165) is 10.6 Å². The molecule has 0 spiro atoms. The molecule has 0 saturated carbocycles. The Morgan fingerprint density at radius 2 is 2.00 bits per heavy atom. The molecule has 0 amide bonds. The second-order valence-corrected chi connectivity index (χ2v) is 5.44. The third kappa shape index (κ3) is 4.18. The molecule has 0 atom stereocenters. The first-order valence-corrected chi connectivity index (χ1v) is 6.87. The Labute approximate surface area is 128 Å². The SMILES string of the molecule is Cc1ccccc1-c1nnc(NC(N)=NC(C)C)s1.Cl. The molecule has 1 heterocycles. The highest BCUT2D eigenvalue weighted by atomic mass is 35.5. The maximum absolute atomic E-state index is 5.76. The van der Waals surface area contributed by atoms with Crippen LogP contribution in [0.3, 0.4) is 0 Å². The number of guanidine groups is 1. The molecule has 108 valence electrons. The first-order chi connectivity index (χ1) is 9.06. The van der Waals surface area contributed by atoms with E-state index in [1.54, 1.807) is 0 Å². The van der Waals surface area contributed by atoms with Gasteiger partial charge >= 0.3 is 0 Å². The second kappa shape index (κ2) is 7.21. The van der Waals surface area contributed by atoms with Crippen molar-refractivity contribution in [2.24, 2.45) is 10.7 Å². The predicted molar refractivity (Wildman–Crippen MR) is 87.7 cm³/mol. The van der Waals surface area contributed by atoms with Crippen LogP contribution in [-0.2, 0) is 0 Å². The second-order valence-electron chi connectivity index (χ2n) is 4.46. The van der Waals surface area contributed by atoms with Gasteiger partial charge < -0.3 is 11.1 Å². The molecule has 0 unspecified atom stereocenters. The van der Waals surface area contributed by atoms with Crippen molar-refractivity contribution in [3.8, 4) is 10.6 Å². The molecular weight excluding hydrogens is 294 g/mol. The van der Waals surface area contributed by atoms with E-state index < -0.39 is 0 Å². The van der Waals surface area contributed by atoms with Crippen molar-refractivity contribution in [3.63, 3.8) is 0 Å². The summed E-state index contributed by atoms with van der Waals surface area (Å²) in [5.41, 5.74) is 8.03.